The molecule has 0 saturated carbocycles. The van der Waals surface area contributed by atoms with E-state index in [0.717, 1.165) is 13.1 Å². The molecular weight excluding hydrogens is 324 g/mol. The van der Waals surface area contributed by atoms with Crippen LogP contribution in [0, 0.1) is 0 Å². The van der Waals surface area contributed by atoms with Crippen molar-refractivity contribution in [1.82, 2.24) is 4.90 Å². The van der Waals surface area contributed by atoms with Gasteiger partial charge in [0, 0.05) is 23.8 Å². The van der Waals surface area contributed by atoms with Crippen LogP contribution in [0.3, 0.4) is 0 Å². The molecule has 0 aliphatic carbocycles. The number of hydrogen-bond acceptors (Lipinski definition) is 4. The Morgan fingerprint density at radius 3 is 2.62 bits per heavy atom. The molecule has 5 nitrogen and oxygen atoms in total. The van der Waals surface area contributed by atoms with Crippen molar-refractivity contribution in [3.05, 3.63) is 54.1 Å². The first kappa shape index (κ1) is 18.3. The number of hydrogen-bond donors (Lipinski definition) is 2. The summed E-state index contributed by atoms with van der Waals surface area (Å²) in [6.07, 6.45) is 3.64. The molecule has 1 aliphatic rings. The fourth-order valence-electron chi connectivity index (χ4n) is 3.49. The molecule has 0 bridgehead atoms. The second-order valence-corrected chi connectivity index (χ2v) is 7.17. The number of nitrogens with one attached hydrogen (secondary N) is 1. The summed E-state index contributed by atoms with van der Waals surface area (Å²) in [6, 6.07) is 15.8. The van der Waals surface area contributed by atoms with Gasteiger partial charge in [0.05, 0.1) is 11.4 Å². The SMILES string of the molecule is CN(C)CC[C@@H]1CCCN1c1ccc(C(=O)Nc2ccccc2N)cc1. The summed E-state index contributed by atoms with van der Waals surface area (Å²) >= 11 is 0. The van der Waals surface area contributed by atoms with Gasteiger partial charge in [-0.2, -0.15) is 0 Å². The van der Waals surface area contributed by atoms with Crippen molar-refractivity contribution in [1.29, 1.82) is 0 Å². The second kappa shape index (κ2) is 8.23. The monoisotopic (exact) mass is 352 g/mol. The van der Waals surface area contributed by atoms with E-state index in [1.807, 2.05) is 24.3 Å². The number of benzene rings is 2. The Labute approximate surface area is 155 Å². The van der Waals surface area contributed by atoms with Gasteiger partial charge in [0.15, 0.2) is 0 Å². The summed E-state index contributed by atoms with van der Waals surface area (Å²) in [6.45, 7) is 2.18. The third-order valence-corrected chi connectivity index (χ3v) is 4.96. The van der Waals surface area contributed by atoms with Crippen LogP contribution in [0.25, 0.3) is 0 Å². The topological polar surface area (TPSA) is 61.6 Å². The van der Waals surface area contributed by atoms with Crippen LogP contribution in [0.1, 0.15) is 29.6 Å². The second-order valence-electron chi connectivity index (χ2n) is 7.17. The number of amides is 1. The van der Waals surface area contributed by atoms with Crippen LogP contribution in [-0.4, -0.2) is 44.0 Å². The van der Waals surface area contributed by atoms with E-state index in [9.17, 15) is 4.79 Å². The molecule has 0 aromatic heterocycles. The van der Waals surface area contributed by atoms with E-state index in [0.29, 0.717) is 23.0 Å². The van der Waals surface area contributed by atoms with Crippen molar-refractivity contribution in [2.24, 2.45) is 0 Å². The van der Waals surface area contributed by atoms with Gasteiger partial charge in [-0.05, 0) is 76.3 Å². The molecule has 1 aliphatic heterocycles. The van der Waals surface area contributed by atoms with Crippen LogP contribution in [0.4, 0.5) is 17.1 Å². The fourth-order valence-corrected chi connectivity index (χ4v) is 3.49. The fraction of sp³-hybridized carbons (Fsp3) is 0.381. The van der Waals surface area contributed by atoms with E-state index in [2.05, 4.69) is 41.3 Å². The third-order valence-electron chi connectivity index (χ3n) is 4.96. The zero-order chi connectivity index (χ0) is 18.5. The smallest absolute Gasteiger partial charge is 0.255 e. The maximum absolute atomic E-state index is 12.5. The van der Waals surface area contributed by atoms with Gasteiger partial charge in [0.2, 0.25) is 0 Å². The van der Waals surface area contributed by atoms with Crippen LogP contribution in [0.15, 0.2) is 48.5 Å². The van der Waals surface area contributed by atoms with Crippen molar-refractivity contribution >= 4 is 23.0 Å². The highest BCUT2D eigenvalue weighted by molar-refractivity contribution is 6.05. The molecule has 0 radical (unpaired) electrons. The van der Waals surface area contributed by atoms with Gasteiger partial charge in [0.25, 0.3) is 5.91 Å². The summed E-state index contributed by atoms with van der Waals surface area (Å²) in [5.41, 5.74) is 8.94. The van der Waals surface area contributed by atoms with E-state index in [4.69, 9.17) is 5.73 Å². The number of rotatable bonds is 6. The quantitative estimate of drug-likeness (QED) is 0.782. The molecule has 26 heavy (non-hydrogen) atoms. The molecule has 1 fully saturated rings. The van der Waals surface area contributed by atoms with Crippen LogP contribution < -0.4 is 16.0 Å². The lowest BCUT2D eigenvalue weighted by Crippen LogP contribution is -2.32. The minimum absolute atomic E-state index is 0.139. The first-order valence-corrected chi connectivity index (χ1v) is 9.22. The number of carbonyl (C=O) groups excluding carboxylic acids is 1. The van der Waals surface area contributed by atoms with Gasteiger partial charge in [-0.25, -0.2) is 0 Å². The number of carbonyl (C=O) groups is 1. The first-order valence-electron chi connectivity index (χ1n) is 9.22. The van der Waals surface area contributed by atoms with Gasteiger partial charge in [-0.3, -0.25) is 4.79 Å². The molecule has 2 aromatic rings. The normalized spacial score (nSPS) is 16.9. The Balaban J connectivity index is 1.66. The molecule has 2 aromatic carbocycles. The molecule has 3 N–H and O–H groups in total. The lowest BCUT2D eigenvalue weighted by Gasteiger charge is -2.28. The van der Waals surface area contributed by atoms with E-state index in [1.165, 1.54) is 24.9 Å². The maximum atomic E-state index is 12.5. The van der Waals surface area contributed by atoms with E-state index >= 15 is 0 Å². The molecule has 138 valence electrons. The highest BCUT2D eigenvalue weighted by Crippen LogP contribution is 2.28. The third kappa shape index (κ3) is 4.35. The largest absolute Gasteiger partial charge is 0.397 e. The summed E-state index contributed by atoms with van der Waals surface area (Å²) in [5.74, 6) is -0.139. The van der Waals surface area contributed by atoms with Crippen LogP contribution >= 0.6 is 0 Å². The zero-order valence-corrected chi connectivity index (χ0v) is 15.6. The molecule has 5 heteroatoms. The Bertz CT molecular complexity index is 742. The Kier molecular flexibility index (Phi) is 5.78. The highest BCUT2D eigenvalue weighted by atomic mass is 16.1. The summed E-state index contributed by atoms with van der Waals surface area (Å²) in [7, 11) is 4.23. The van der Waals surface area contributed by atoms with E-state index in [-0.39, 0.29) is 5.91 Å². The van der Waals surface area contributed by atoms with Crippen molar-refractivity contribution in [3.8, 4) is 0 Å². The summed E-state index contributed by atoms with van der Waals surface area (Å²) < 4.78 is 0. The Morgan fingerprint density at radius 1 is 1.19 bits per heavy atom. The number of nitrogen functional groups attached to an aromatic ring is 1. The van der Waals surface area contributed by atoms with Crippen molar-refractivity contribution in [2.45, 2.75) is 25.3 Å². The lowest BCUT2D eigenvalue weighted by molar-refractivity contribution is 0.102. The average molecular weight is 352 g/mol. The number of nitrogens with zero attached hydrogens (tertiary/aromatic N) is 2. The van der Waals surface area contributed by atoms with Crippen molar-refractivity contribution in [2.75, 3.05) is 43.1 Å². The summed E-state index contributed by atoms with van der Waals surface area (Å²) in [4.78, 5) is 17.2. The predicted octanol–water partition coefficient (Wildman–Crippen LogP) is 3.44. The highest BCUT2D eigenvalue weighted by Gasteiger charge is 2.24. The number of anilines is 3. The van der Waals surface area contributed by atoms with Gasteiger partial charge in [-0.1, -0.05) is 12.1 Å². The van der Waals surface area contributed by atoms with Gasteiger partial charge in [-0.15, -0.1) is 0 Å². The number of nitrogens with two attached hydrogens (primary N) is 1. The molecular formula is C21H28N4O. The van der Waals surface area contributed by atoms with Gasteiger partial charge < -0.3 is 20.9 Å². The van der Waals surface area contributed by atoms with Crippen LogP contribution in [-0.2, 0) is 0 Å². The minimum atomic E-state index is -0.139. The molecule has 0 unspecified atom stereocenters. The maximum Gasteiger partial charge on any atom is 0.255 e. The minimum Gasteiger partial charge on any atom is -0.397 e. The average Bonchev–Trinajstić information content (AvgIpc) is 3.10. The van der Waals surface area contributed by atoms with Crippen molar-refractivity contribution < 1.29 is 4.79 Å². The molecule has 1 saturated heterocycles. The molecule has 1 heterocycles. The number of para-hydroxylation sites is 2. The summed E-state index contributed by atoms with van der Waals surface area (Å²) in [5, 5.41) is 2.87. The predicted molar refractivity (Wildman–Crippen MR) is 109 cm³/mol. The van der Waals surface area contributed by atoms with Crippen LogP contribution in [0.5, 0.6) is 0 Å². The van der Waals surface area contributed by atoms with Crippen LogP contribution in [0.2, 0.25) is 0 Å². The lowest BCUT2D eigenvalue weighted by atomic mass is 10.1. The van der Waals surface area contributed by atoms with Gasteiger partial charge >= 0.3 is 0 Å². The Hall–Kier alpha value is -2.53. The van der Waals surface area contributed by atoms with E-state index < -0.39 is 0 Å². The molecule has 3 rings (SSSR count). The standard InChI is InChI=1S/C21H28N4O/c1-24(2)15-13-17-6-5-14-25(17)18-11-9-16(10-12-18)21(26)23-20-8-4-3-7-19(20)22/h3-4,7-12,17H,5-6,13-15,22H2,1-2H3,(H,23,26)/t17-/m0/s1. The molecule has 1 atom stereocenters. The van der Waals surface area contributed by atoms with Gasteiger partial charge in [0.1, 0.15) is 0 Å². The van der Waals surface area contributed by atoms with Crippen molar-refractivity contribution in [3.63, 3.8) is 0 Å². The Morgan fingerprint density at radius 2 is 1.92 bits per heavy atom. The molecule has 0 spiro atoms. The van der Waals surface area contributed by atoms with E-state index in [1.54, 1.807) is 12.1 Å². The molecule has 1 amide bonds. The first-order chi connectivity index (χ1) is 12.5. The zero-order valence-electron chi connectivity index (χ0n) is 15.6.